The van der Waals surface area contributed by atoms with E-state index in [0.717, 1.165) is 72.3 Å². The van der Waals surface area contributed by atoms with Crippen LogP contribution >= 0.6 is 0 Å². The molecule has 228 valence electrons. The van der Waals surface area contributed by atoms with E-state index >= 15 is 0 Å². The number of oxazole rings is 1. The smallest absolute Gasteiger partial charge is 0.227 e. The molecule has 0 bridgehead atoms. The lowest BCUT2D eigenvalue weighted by Crippen LogP contribution is -1.86. The van der Waals surface area contributed by atoms with Crippen LogP contribution in [0.1, 0.15) is 11.1 Å². The fraction of sp³-hybridized carbons (Fsp3) is 0. The zero-order valence-corrected chi connectivity index (χ0v) is 26.3. The van der Waals surface area contributed by atoms with Gasteiger partial charge in [0, 0.05) is 11.1 Å². The van der Waals surface area contributed by atoms with Crippen molar-refractivity contribution in [1.82, 2.24) is 4.98 Å². The highest BCUT2D eigenvalue weighted by atomic mass is 16.3. The number of benzene rings is 7. The quantitative estimate of drug-likeness (QED) is 0.184. The van der Waals surface area contributed by atoms with Gasteiger partial charge in [0.1, 0.15) is 5.52 Å². The fourth-order valence-corrected chi connectivity index (χ4v) is 6.15. The molecule has 4 heteroatoms. The summed E-state index contributed by atoms with van der Waals surface area (Å²) in [5, 5.41) is 18.2. The Morgan fingerprint density at radius 2 is 0.776 bits per heavy atom. The van der Waals surface area contributed by atoms with E-state index in [1.807, 2.05) is 66.7 Å². The minimum Gasteiger partial charge on any atom is -0.436 e. The van der Waals surface area contributed by atoms with Gasteiger partial charge < -0.3 is 4.42 Å². The molecule has 0 unspecified atom stereocenters. The van der Waals surface area contributed by atoms with Crippen molar-refractivity contribution >= 4 is 11.1 Å². The molecule has 0 aliphatic rings. The molecule has 0 saturated heterocycles. The van der Waals surface area contributed by atoms with Gasteiger partial charge >= 0.3 is 0 Å². The van der Waals surface area contributed by atoms with Crippen LogP contribution in [0.4, 0.5) is 0 Å². The SMILES string of the molecule is N#Cc1ccc(-c2ccc(-c3ccc(-c4nc5c(-c6ccccc6)cc(-c6ccc(-c7ccc(C#N)cc7)cc6)cc5o4)cc3)cc2)cc1. The van der Waals surface area contributed by atoms with Gasteiger partial charge in [-0.25, -0.2) is 4.98 Å². The first kappa shape index (κ1) is 29.4. The van der Waals surface area contributed by atoms with Crippen molar-refractivity contribution in [2.75, 3.05) is 0 Å². The van der Waals surface area contributed by atoms with Crippen molar-refractivity contribution in [1.29, 1.82) is 10.5 Å². The highest BCUT2D eigenvalue weighted by Gasteiger charge is 2.16. The van der Waals surface area contributed by atoms with Crippen molar-refractivity contribution in [2.24, 2.45) is 0 Å². The molecule has 8 rings (SSSR count). The van der Waals surface area contributed by atoms with Gasteiger partial charge in [-0.2, -0.15) is 10.5 Å². The summed E-state index contributed by atoms with van der Waals surface area (Å²) in [5.74, 6) is 0.572. The van der Waals surface area contributed by atoms with Crippen LogP contribution < -0.4 is 0 Å². The van der Waals surface area contributed by atoms with E-state index in [-0.39, 0.29) is 0 Å². The van der Waals surface area contributed by atoms with Crippen LogP contribution in [0.2, 0.25) is 0 Å². The Morgan fingerprint density at radius 3 is 1.20 bits per heavy atom. The molecule has 0 amide bonds. The van der Waals surface area contributed by atoms with Gasteiger partial charge in [0.2, 0.25) is 5.89 Å². The number of aromatic nitrogens is 1. The Morgan fingerprint density at radius 1 is 0.388 bits per heavy atom. The van der Waals surface area contributed by atoms with E-state index in [1.54, 1.807) is 0 Å². The molecule has 0 N–H and O–H groups in total. The lowest BCUT2D eigenvalue weighted by molar-refractivity contribution is 0.620. The summed E-state index contributed by atoms with van der Waals surface area (Å²) in [5.41, 5.74) is 14.5. The average molecular weight is 626 g/mol. The standard InChI is InChI=1S/C45H27N3O/c46-28-30-6-10-32(11-7-30)34-14-16-36(17-15-34)37-22-24-40(25-23-37)45-48-44-42(39-4-2-1-3-5-39)26-41(27-43(44)49-45)38-20-18-35(19-21-38)33-12-8-31(29-47)9-13-33/h1-27H. The van der Waals surface area contributed by atoms with Crippen LogP contribution in [-0.4, -0.2) is 4.98 Å². The maximum Gasteiger partial charge on any atom is 0.227 e. The first-order chi connectivity index (χ1) is 24.1. The van der Waals surface area contributed by atoms with Crippen molar-refractivity contribution in [3.05, 3.63) is 175 Å². The average Bonchev–Trinajstić information content (AvgIpc) is 3.63. The van der Waals surface area contributed by atoms with Crippen LogP contribution in [0.3, 0.4) is 0 Å². The molecule has 4 nitrogen and oxygen atoms in total. The van der Waals surface area contributed by atoms with Gasteiger partial charge in [0.25, 0.3) is 0 Å². The molecule has 0 spiro atoms. The largest absolute Gasteiger partial charge is 0.436 e. The van der Waals surface area contributed by atoms with Crippen LogP contribution in [0.15, 0.2) is 168 Å². The molecule has 0 aliphatic carbocycles. The number of hydrogen-bond acceptors (Lipinski definition) is 4. The van der Waals surface area contributed by atoms with Gasteiger partial charge in [0.15, 0.2) is 5.58 Å². The second-order valence-corrected chi connectivity index (χ2v) is 11.9. The van der Waals surface area contributed by atoms with E-state index in [0.29, 0.717) is 17.0 Å². The van der Waals surface area contributed by atoms with Gasteiger partial charge in [0.05, 0.1) is 23.3 Å². The molecule has 0 aliphatic heterocycles. The van der Waals surface area contributed by atoms with E-state index < -0.39 is 0 Å². The summed E-state index contributed by atoms with van der Waals surface area (Å²) < 4.78 is 6.46. The Labute approximate surface area is 284 Å². The molecule has 0 atom stereocenters. The summed E-state index contributed by atoms with van der Waals surface area (Å²) in [7, 11) is 0. The molecular weight excluding hydrogens is 599 g/mol. The normalized spacial score (nSPS) is 10.8. The minimum atomic E-state index is 0.572. The van der Waals surface area contributed by atoms with Crippen molar-refractivity contribution in [2.45, 2.75) is 0 Å². The van der Waals surface area contributed by atoms with Crippen LogP contribution in [0, 0.1) is 22.7 Å². The predicted molar refractivity (Wildman–Crippen MR) is 196 cm³/mol. The van der Waals surface area contributed by atoms with Crippen molar-refractivity contribution in [3.63, 3.8) is 0 Å². The first-order valence-corrected chi connectivity index (χ1v) is 16.0. The van der Waals surface area contributed by atoms with Gasteiger partial charge in [-0.1, -0.05) is 115 Å². The Bertz CT molecular complexity index is 2500. The summed E-state index contributed by atoms with van der Waals surface area (Å²) in [6.45, 7) is 0. The van der Waals surface area contributed by atoms with Crippen LogP contribution in [-0.2, 0) is 0 Å². The number of fused-ring (bicyclic) bond motifs is 1. The topological polar surface area (TPSA) is 73.6 Å². The molecule has 7 aromatic carbocycles. The second kappa shape index (κ2) is 12.6. The van der Waals surface area contributed by atoms with E-state index in [9.17, 15) is 0 Å². The van der Waals surface area contributed by atoms with Crippen LogP contribution in [0.25, 0.3) is 78.2 Å². The number of hydrogen-bond donors (Lipinski definition) is 0. The molecule has 1 heterocycles. The third kappa shape index (κ3) is 5.87. The van der Waals surface area contributed by atoms with Crippen LogP contribution in [0.5, 0.6) is 0 Å². The minimum absolute atomic E-state index is 0.572. The maximum absolute atomic E-state index is 9.14. The zero-order valence-electron chi connectivity index (χ0n) is 26.3. The first-order valence-electron chi connectivity index (χ1n) is 16.0. The molecule has 49 heavy (non-hydrogen) atoms. The Kier molecular flexibility index (Phi) is 7.59. The van der Waals surface area contributed by atoms with Crippen molar-refractivity contribution < 1.29 is 4.42 Å². The van der Waals surface area contributed by atoms with Gasteiger partial charge in [-0.3, -0.25) is 0 Å². The maximum atomic E-state index is 9.14. The molecule has 0 saturated carbocycles. The Balaban J connectivity index is 1.11. The number of rotatable bonds is 6. The molecular formula is C45H27N3O. The molecule has 1 aromatic heterocycles. The summed E-state index contributed by atoms with van der Waals surface area (Å²) in [6.07, 6.45) is 0. The monoisotopic (exact) mass is 625 g/mol. The van der Waals surface area contributed by atoms with E-state index in [1.165, 1.54) is 0 Å². The third-order valence-corrected chi connectivity index (χ3v) is 8.84. The lowest BCUT2D eigenvalue weighted by atomic mass is 9.96. The van der Waals surface area contributed by atoms with Gasteiger partial charge in [-0.05, 0) is 98.6 Å². The van der Waals surface area contributed by atoms with Crippen molar-refractivity contribution in [3.8, 4) is 79.2 Å². The summed E-state index contributed by atoms with van der Waals surface area (Å²) >= 11 is 0. The zero-order chi connectivity index (χ0) is 33.2. The van der Waals surface area contributed by atoms with Gasteiger partial charge in [-0.15, -0.1) is 0 Å². The lowest BCUT2D eigenvalue weighted by Gasteiger charge is -2.08. The highest BCUT2D eigenvalue weighted by molar-refractivity contribution is 5.96. The highest BCUT2D eigenvalue weighted by Crippen LogP contribution is 2.37. The Hall–Kier alpha value is -7.01. The summed E-state index contributed by atoms with van der Waals surface area (Å²) in [6, 6.07) is 59.4. The number of nitrogens with zero attached hydrogens (tertiary/aromatic N) is 3. The molecule has 8 aromatic rings. The van der Waals surface area contributed by atoms with E-state index in [4.69, 9.17) is 19.9 Å². The predicted octanol–water partition coefficient (Wildman–Crippen LogP) is 11.6. The summed E-state index contributed by atoms with van der Waals surface area (Å²) in [4.78, 5) is 5.01. The second-order valence-electron chi connectivity index (χ2n) is 11.9. The molecule has 0 fully saturated rings. The molecule has 0 radical (unpaired) electrons. The fourth-order valence-electron chi connectivity index (χ4n) is 6.15. The third-order valence-electron chi connectivity index (χ3n) is 8.84. The van der Waals surface area contributed by atoms with E-state index in [2.05, 4.69) is 109 Å². The number of nitriles is 2.